The number of benzene rings is 1. The molecular formula is C22H28O4. The van der Waals surface area contributed by atoms with Gasteiger partial charge in [-0.3, -0.25) is 9.59 Å². The fourth-order valence-corrected chi connectivity index (χ4v) is 3.10. The number of hydrogen-bond donors (Lipinski definition) is 1. The zero-order chi connectivity index (χ0) is 18.8. The first-order chi connectivity index (χ1) is 12.6. The van der Waals surface area contributed by atoms with E-state index in [1.54, 1.807) is 6.08 Å². The van der Waals surface area contributed by atoms with Crippen molar-refractivity contribution in [3.05, 3.63) is 60.2 Å². The Balaban J connectivity index is 1.80. The molecule has 0 radical (unpaired) electrons. The highest BCUT2D eigenvalue weighted by atomic mass is 16.5. The average molecular weight is 356 g/mol. The molecule has 2 rings (SSSR count). The van der Waals surface area contributed by atoms with E-state index in [9.17, 15) is 9.59 Å². The van der Waals surface area contributed by atoms with E-state index in [2.05, 4.69) is 6.08 Å². The van der Waals surface area contributed by atoms with Crippen LogP contribution in [0.3, 0.4) is 0 Å². The SMILES string of the molecule is CC(C(=O)/C=C/[C@@H]1COC[C@@H]1C/C=C\CCCC(=O)O)c1ccccc1. The molecule has 1 aliphatic heterocycles. The van der Waals surface area contributed by atoms with Crippen LogP contribution in [0.1, 0.15) is 44.1 Å². The molecule has 0 saturated carbocycles. The molecule has 0 spiro atoms. The summed E-state index contributed by atoms with van der Waals surface area (Å²) in [6.07, 6.45) is 10.4. The Morgan fingerprint density at radius 2 is 2.00 bits per heavy atom. The minimum atomic E-state index is -0.748. The third-order valence-corrected chi connectivity index (χ3v) is 4.85. The molecular weight excluding hydrogens is 328 g/mol. The molecule has 1 aromatic rings. The molecule has 1 N–H and O–H groups in total. The van der Waals surface area contributed by atoms with Crippen molar-refractivity contribution in [2.75, 3.05) is 13.2 Å². The number of carboxylic acids is 1. The lowest BCUT2D eigenvalue weighted by Crippen LogP contribution is -2.11. The van der Waals surface area contributed by atoms with Gasteiger partial charge in [-0.1, -0.05) is 55.5 Å². The van der Waals surface area contributed by atoms with Crippen molar-refractivity contribution in [1.29, 1.82) is 0 Å². The van der Waals surface area contributed by atoms with E-state index in [4.69, 9.17) is 9.84 Å². The number of aliphatic carboxylic acids is 1. The standard InChI is InChI=1S/C22H28O4/c1-17(18-9-6-4-7-10-18)21(23)14-13-20-16-26-15-19(20)11-5-2-3-8-12-22(24)25/h2,4-7,9-10,13-14,17,19-20H,3,8,11-12,15-16H2,1H3,(H,24,25)/b5-2-,14-13+/t17?,19-,20+/m0/s1. The Hall–Kier alpha value is -2.20. The number of ketones is 1. The lowest BCUT2D eigenvalue weighted by molar-refractivity contribution is -0.137. The van der Waals surface area contributed by atoms with Crippen LogP contribution in [0.5, 0.6) is 0 Å². The van der Waals surface area contributed by atoms with E-state index < -0.39 is 5.97 Å². The van der Waals surface area contributed by atoms with Crippen LogP contribution in [0.4, 0.5) is 0 Å². The maximum atomic E-state index is 12.4. The van der Waals surface area contributed by atoms with Gasteiger partial charge in [0.25, 0.3) is 0 Å². The third-order valence-electron chi connectivity index (χ3n) is 4.85. The normalized spacial score (nSPS) is 21.4. The van der Waals surface area contributed by atoms with Crippen LogP contribution in [-0.4, -0.2) is 30.1 Å². The van der Waals surface area contributed by atoms with Crippen LogP contribution in [0, 0.1) is 11.8 Å². The Kier molecular flexibility index (Phi) is 8.29. The van der Waals surface area contributed by atoms with Gasteiger partial charge >= 0.3 is 5.97 Å². The summed E-state index contributed by atoms with van der Waals surface area (Å²) >= 11 is 0. The summed E-state index contributed by atoms with van der Waals surface area (Å²) in [5.74, 6) is -0.136. The van der Waals surface area contributed by atoms with Crippen LogP contribution < -0.4 is 0 Å². The summed E-state index contributed by atoms with van der Waals surface area (Å²) in [5.41, 5.74) is 1.03. The van der Waals surface area contributed by atoms with Gasteiger partial charge in [-0.25, -0.2) is 0 Å². The molecule has 4 heteroatoms. The van der Waals surface area contributed by atoms with E-state index in [1.165, 1.54) is 0 Å². The van der Waals surface area contributed by atoms with Crippen molar-refractivity contribution in [3.63, 3.8) is 0 Å². The number of carboxylic acid groups (broad SMARTS) is 1. The second kappa shape index (κ2) is 10.7. The Labute approximate surface area is 155 Å². The molecule has 1 unspecified atom stereocenters. The topological polar surface area (TPSA) is 63.6 Å². The first-order valence-electron chi connectivity index (χ1n) is 9.29. The molecule has 1 saturated heterocycles. The van der Waals surface area contributed by atoms with Crippen LogP contribution in [-0.2, 0) is 14.3 Å². The summed E-state index contributed by atoms with van der Waals surface area (Å²) in [5, 5.41) is 8.62. The Morgan fingerprint density at radius 1 is 1.23 bits per heavy atom. The smallest absolute Gasteiger partial charge is 0.303 e. The molecule has 4 nitrogen and oxygen atoms in total. The average Bonchev–Trinajstić information content (AvgIpc) is 3.09. The van der Waals surface area contributed by atoms with Crippen molar-refractivity contribution in [3.8, 4) is 0 Å². The number of carbonyl (C=O) groups excluding carboxylic acids is 1. The predicted molar refractivity (Wildman–Crippen MR) is 102 cm³/mol. The van der Waals surface area contributed by atoms with Crippen molar-refractivity contribution >= 4 is 11.8 Å². The zero-order valence-corrected chi connectivity index (χ0v) is 15.3. The second-order valence-corrected chi connectivity index (χ2v) is 6.85. The number of rotatable bonds is 10. The van der Waals surface area contributed by atoms with Crippen LogP contribution in [0.25, 0.3) is 0 Å². The van der Waals surface area contributed by atoms with Crippen molar-refractivity contribution in [2.24, 2.45) is 11.8 Å². The Bertz CT molecular complexity index is 633. The van der Waals surface area contributed by atoms with Crippen molar-refractivity contribution in [1.82, 2.24) is 0 Å². The van der Waals surface area contributed by atoms with Crippen LogP contribution >= 0.6 is 0 Å². The maximum absolute atomic E-state index is 12.4. The molecule has 0 aliphatic carbocycles. The van der Waals surface area contributed by atoms with Crippen molar-refractivity contribution < 1.29 is 19.4 Å². The fraction of sp³-hybridized carbons (Fsp3) is 0.455. The summed E-state index contributed by atoms with van der Waals surface area (Å²) in [4.78, 5) is 22.9. The lowest BCUT2D eigenvalue weighted by Gasteiger charge is -2.12. The van der Waals surface area contributed by atoms with E-state index in [-0.39, 0.29) is 24.0 Å². The molecule has 1 heterocycles. The van der Waals surface area contributed by atoms with Gasteiger partial charge in [-0.05, 0) is 36.8 Å². The Morgan fingerprint density at radius 3 is 2.73 bits per heavy atom. The minimum Gasteiger partial charge on any atom is -0.481 e. The molecule has 0 bridgehead atoms. The van der Waals surface area contributed by atoms with Gasteiger partial charge in [0.1, 0.15) is 0 Å². The molecule has 0 aromatic heterocycles. The molecule has 0 amide bonds. The largest absolute Gasteiger partial charge is 0.481 e. The third kappa shape index (κ3) is 6.60. The highest BCUT2D eigenvalue weighted by Crippen LogP contribution is 2.26. The van der Waals surface area contributed by atoms with Gasteiger partial charge in [-0.2, -0.15) is 0 Å². The quantitative estimate of drug-likeness (QED) is 0.384. The highest BCUT2D eigenvalue weighted by Gasteiger charge is 2.25. The van der Waals surface area contributed by atoms with E-state index in [0.29, 0.717) is 25.6 Å². The predicted octanol–water partition coefficient (Wildman–Crippen LogP) is 4.38. The minimum absolute atomic E-state index is 0.117. The van der Waals surface area contributed by atoms with Crippen LogP contribution in [0.2, 0.25) is 0 Å². The summed E-state index contributed by atoms with van der Waals surface area (Å²) in [6, 6.07) is 9.81. The van der Waals surface area contributed by atoms with E-state index in [1.807, 2.05) is 49.4 Å². The van der Waals surface area contributed by atoms with E-state index >= 15 is 0 Å². The van der Waals surface area contributed by atoms with Crippen molar-refractivity contribution in [2.45, 2.75) is 38.5 Å². The zero-order valence-electron chi connectivity index (χ0n) is 15.3. The molecule has 1 fully saturated rings. The van der Waals surface area contributed by atoms with Gasteiger partial charge in [0.05, 0.1) is 13.2 Å². The van der Waals surface area contributed by atoms with E-state index in [0.717, 1.165) is 18.4 Å². The van der Waals surface area contributed by atoms with Crippen LogP contribution in [0.15, 0.2) is 54.6 Å². The number of allylic oxidation sites excluding steroid dienone is 3. The highest BCUT2D eigenvalue weighted by molar-refractivity contribution is 5.95. The summed E-state index contributed by atoms with van der Waals surface area (Å²) in [6.45, 7) is 3.29. The van der Waals surface area contributed by atoms with Gasteiger partial charge in [0.15, 0.2) is 5.78 Å². The number of ether oxygens (including phenoxy) is 1. The number of carbonyl (C=O) groups is 2. The monoisotopic (exact) mass is 356 g/mol. The lowest BCUT2D eigenvalue weighted by atomic mass is 9.90. The fourth-order valence-electron chi connectivity index (χ4n) is 3.10. The first kappa shape index (κ1) is 20.1. The molecule has 140 valence electrons. The summed E-state index contributed by atoms with van der Waals surface area (Å²) in [7, 11) is 0. The number of hydrogen-bond acceptors (Lipinski definition) is 3. The van der Waals surface area contributed by atoms with Gasteiger partial charge in [-0.15, -0.1) is 0 Å². The second-order valence-electron chi connectivity index (χ2n) is 6.85. The molecule has 1 aromatic carbocycles. The molecule has 1 aliphatic rings. The molecule has 3 atom stereocenters. The van der Waals surface area contributed by atoms with Gasteiger partial charge in [0, 0.05) is 18.3 Å². The van der Waals surface area contributed by atoms with Gasteiger partial charge in [0.2, 0.25) is 0 Å². The number of unbranched alkanes of at least 4 members (excludes halogenated alkanes) is 1. The summed E-state index contributed by atoms with van der Waals surface area (Å²) < 4.78 is 5.58. The first-order valence-corrected chi connectivity index (χ1v) is 9.29. The van der Waals surface area contributed by atoms with Gasteiger partial charge < -0.3 is 9.84 Å². The maximum Gasteiger partial charge on any atom is 0.303 e. The molecule has 26 heavy (non-hydrogen) atoms.